The minimum Gasteiger partial charge on any atom is -0.493 e. The maximum Gasteiger partial charge on any atom is 0.231 e. The molecule has 0 bridgehead atoms. The number of rotatable bonds is 6. The molecule has 2 atom stereocenters. The number of ether oxygens (including phenoxy) is 4. The standard InChI is InChI=1S/C29H28O4/c1-5-21-22(11-12-26-29(21)33-17-32-26)23-14-20(13-19-9-7-6-8-10-19)25-16-28(31-4)27(30-3)15-24(25)18(23)2/h5-12,14-16,18,23H,1,13,17H2,2-4H3. The molecule has 2 aliphatic rings. The zero-order valence-corrected chi connectivity index (χ0v) is 19.3. The van der Waals surface area contributed by atoms with E-state index in [1.165, 1.54) is 27.8 Å². The molecule has 0 aromatic heterocycles. The van der Waals surface area contributed by atoms with Crippen LogP contribution in [0.25, 0.3) is 11.6 Å². The molecule has 0 fully saturated rings. The van der Waals surface area contributed by atoms with Crippen molar-refractivity contribution in [3.8, 4) is 23.0 Å². The summed E-state index contributed by atoms with van der Waals surface area (Å²) in [6.07, 6.45) is 5.11. The lowest BCUT2D eigenvalue weighted by Gasteiger charge is -2.32. The van der Waals surface area contributed by atoms with Crippen LogP contribution in [0.4, 0.5) is 0 Å². The number of fused-ring (bicyclic) bond motifs is 2. The Kier molecular flexibility index (Phi) is 5.59. The average molecular weight is 441 g/mol. The maximum absolute atomic E-state index is 5.80. The molecule has 168 valence electrons. The summed E-state index contributed by atoms with van der Waals surface area (Å²) in [5.74, 6) is 3.42. The molecule has 3 aromatic carbocycles. The molecule has 0 spiro atoms. The molecule has 1 aliphatic heterocycles. The third-order valence-corrected chi connectivity index (χ3v) is 6.72. The summed E-state index contributed by atoms with van der Waals surface area (Å²) in [4.78, 5) is 0. The van der Waals surface area contributed by atoms with Crippen LogP contribution in [0.3, 0.4) is 0 Å². The van der Waals surface area contributed by atoms with E-state index in [9.17, 15) is 0 Å². The van der Waals surface area contributed by atoms with Crippen molar-refractivity contribution >= 4 is 11.6 Å². The van der Waals surface area contributed by atoms with Gasteiger partial charge in [-0.05, 0) is 58.4 Å². The fraction of sp³-hybridized carbons (Fsp3) is 0.241. The first-order valence-corrected chi connectivity index (χ1v) is 11.2. The Bertz CT molecular complexity index is 1230. The summed E-state index contributed by atoms with van der Waals surface area (Å²) in [6, 6.07) is 19.0. The van der Waals surface area contributed by atoms with E-state index in [0.717, 1.165) is 35.0 Å². The highest BCUT2D eigenvalue weighted by atomic mass is 16.7. The van der Waals surface area contributed by atoms with Gasteiger partial charge in [-0.25, -0.2) is 0 Å². The van der Waals surface area contributed by atoms with Gasteiger partial charge in [0.25, 0.3) is 0 Å². The van der Waals surface area contributed by atoms with Crippen LogP contribution in [0.1, 0.15) is 46.6 Å². The summed E-state index contributed by atoms with van der Waals surface area (Å²) in [7, 11) is 3.37. The van der Waals surface area contributed by atoms with E-state index < -0.39 is 0 Å². The molecular weight excluding hydrogens is 412 g/mol. The van der Waals surface area contributed by atoms with Crippen LogP contribution in [0.2, 0.25) is 0 Å². The summed E-state index contributed by atoms with van der Waals surface area (Å²) in [5, 5.41) is 0. The zero-order valence-electron chi connectivity index (χ0n) is 19.3. The van der Waals surface area contributed by atoms with E-state index in [1.54, 1.807) is 14.2 Å². The largest absolute Gasteiger partial charge is 0.493 e. The molecule has 0 saturated heterocycles. The van der Waals surface area contributed by atoms with Crippen molar-refractivity contribution in [2.75, 3.05) is 21.0 Å². The number of benzene rings is 3. The summed E-state index contributed by atoms with van der Waals surface area (Å²) < 4.78 is 22.7. The molecule has 0 radical (unpaired) electrons. The molecule has 1 aliphatic carbocycles. The van der Waals surface area contributed by atoms with Gasteiger partial charge >= 0.3 is 0 Å². The first kappa shape index (κ1) is 21.2. The second kappa shape index (κ2) is 8.70. The van der Waals surface area contributed by atoms with Crippen molar-refractivity contribution < 1.29 is 18.9 Å². The Morgan fingerprint density at radius 2 is 1.73 bits per heavy atom. The Morgan fingerprint density at radius 3 is 2.45 bits per heavy atom. The smallest absolute Gasteiger partial charge is 0.231 e. The van der Waals surface area contributed by atoms with Crippen molar-refractivity contribution in [1.29, 1.82) is 0 Å². The van der Waals surface area contributed by atoms with Gasteiger partial charge in [0.1, 0.15) is 0 Å². The summed E-state index contributed by atoms with van der Waals surface area (Å²) >= 11 is 0. The molecule has 33 heavy (non-hydrogen) atoms. The first-order chi connectivity index (χ1) is 16.1. The van der Waals surface area contributed by atoms with Gasteiger partial charge in [0.2, 0.25) is 6.79 Å². The SMILES string of the molecule is C=Cc1c(C2C=C(Cc3ccccc3)c3cc(OC)c(OC)cc3C2C)ccc2c1OCO2. The van der Waals surface area contributed by atoms with Crippen LogP contribution < -0.4 is 18.9 Å². The molecule has 4 nitrogen and oxygen atoms in total. The highest BCUT2D eigenvalue weighted by Gasteiger charge is 2.32. The lowest BCUT2D eigenvalue weighted by molar-refractivity contribution is 0.173. The number of hydrogen-bond donors (Lipinski definition) is 0. The fourth-order valence-electron chi connectivity index (χ4n) is 5.03. The molecule has 3 aromatic rings. The molecule has 1 heterocycles. The Hall–Kier alpha value is -3.66. The van der Waals surface area contributed by atoms with E-state index in [-0.39, 0.29) is 18.6 Å². The predicted octanol–water partition coefficient (Wildman–Crippen LogP) is 6.60. The molecule has 0 saturated carbocycles. The lowest BCUT2D eigenvalue weighted by atomic mass is 9.72. The summed E-state index contributed by atoms with van der Waals surface area (Å²) in [6.45, 7) is 6.59. The topological polar surface area (TPSA) is 36.9 Å². The molecular formula is C29H28O4. The normalized spacial score (nSPS) is 18.3. The first-order valence-electron chi connectivity index (χ1n) is 11.2. The van der Waals surface area contributed by atoms with E-state index in [0.29, 0.717) is 0 Å². The van der Waals surface area contributed by atoms with Gasteiger partial charge in [-0.1, -0.05) is 62.1 Å². The quantitative estimate of drug-likeness (QED) is 0.433. The highest BCUT2D eigenvalue weighted by molar-refractivity contribution is 5.78. The zero-order chi connectivity index (χ0) is 22.9. The Balaban J connectivity index is 1.68. The van der Waals surface area contributed by atoms with Crippen LogP contribution in [0.15, 0.2) is 67.3 Å². The van der Waals surface area contributed by atoms with Crippen molar-refractivity contribution in [3.63, 3.8) is 0 Å². The van der Waals surface area contributed by atoms with Crippen LogP contribution in [0.5, 0.6) is 23.0 Å². The highest BCUT2D eigenvalue weighted by Crippen LogP contribution is 2.50. The van der Waals surface area contributed by atoms with Crippen LogP contribution in [-0.4, -0.2) is 21.0 Å². The monoisotopic (exact) mass is 440 g/mol. The molecule has 2 unspecified atom stereocenters. The molecule has 5 rings (SSSR count). The minimum absolute atomic E-state index is 0.150. The van der Waals surface area contributed by atoms with Crippen LogP contribution in [0, 0.1) is 0 Å². The third-order valence-electron chi connectivity index (χ3n) is 6.72. The number of methoxy groups -OCH3 is 2. The van der Waals surface area contributed by atoms with Gasteiger partial charge < -0.3 is 18.9 Å². The van der Waals surface area contributed by atoms with E-state index in [2.05, 4.69) is 68.1 Å². The number of allylic oxidation sites excluding steroid dienone is 2. The predicted molar refractivity (Wildman–Crippen MR) is 131 cm³/mol. The maximum atomic E-state index is 5.80. The van der Waals surface area contributed by atoms with Gasteiger partial charge in [0.05, 0.1) is 14.2 Å². The van der Waals surface area contributed by atoms with Crippen LogP contribution >= 0.6 is 0 Å². The minimum atomic E-state index is 0.150. The van der Waals surface area contributed by atoms with Crippen LogP contribution in [-0.2, 0) is 6.42 Å². The lowest BCUT2D eigenvalue weighted by Crippen LogP contribution is -2.16. The van der Waals surface area contributed by atoms with Gasteiger partial charge in [0, 0.05) is 11.5 Å². The van der Waals surface area contributed by atoms with Crippen molar-refractivity contribution in [2.45, 2.75) is 25.2 Å². The Morgan fingerprint density at radius 1 is 0.970 bits per heavy atom. The van der Waals surface area contributed by atoms with Gasteiger partial charge in [0.15, 0.2) is 23.0 Å². The molecule has 0 N–H and O–H groups in total. The second-order valence-electron chi connectivity index (χ2n) is 8.47. The van der Waals surface area contributed by atoms with E-state index >= 15 is 0 Å². The van der Waals surface area contributed by atoms with Crippen molar-refractivity contribution in [2.24, 2.45) is 0 Å². The van der Waals surface area contributed by atoms with Gasteiger partial charge in [-0.15, -0.1) is 0 Å². The van der Waals surface area contributed by atoms with Gasteiger partial charge in [-0.2, -0.15) is 0 Å². The third kappa shape index (κ3) is 3.66. The Labute approximate surface area is 195 Å². The molecule has 0 amide bonds. The summed E-state index contributed by atoms with van der Waals surface area (Å²) in [5.41, 5.74) is 7.19. The van der Waals surface area contributed by atoms with Crippen molar-refractivity contribution in [3.05, 3.63) is 95.1 Å². The molecule has 4 heteroatoms. The second-order valence-corrected chi connectivity index (χ2v) is 8.47. The number of hydrogen-bond acceptors (Lipinski definition) is 4. The van der Waals surface area contributed by atoms with E-state index in [4.69, 9.17) is 18.9 Å². The fourth-order valence-corrected chi connectivity index (χ4v) is 5.03. The van der Waals surface area contributed by atoms with E-state index in [1.807, 2.05) is 12.1 Å². The van der Waals surface area contributed by atoms with Gasteiger partial charge in [-0.3, -0.25) is 0 Å². The average Bonchev–Trinajstić information content (AvgIpc) is 3.34. The van der Waals surface area contributed by atoms with Crippen molar-refractivity contribution in [1.82, 2.24) is 0 Å².